The van der Waals surface area contributed by atoms with Crippen molar-refractivity contribution >= 4 is 11.6 Å². The lowest BCUT2D eigenvalue weighted by atomic mass is 10.1. The van der Waals surface area contributed by atoms with Crippen LogP contribution in [0.3, 0.4) is 0 Å². The largest absolute Gasteiger partial charge is 0.356 e. The van der Waals surface area contributed by atoms with E-state index < -0.39 is 5.92 Å². The number of hydrogen-bond acceptors (Lipinski definition) is 6. The first kappa shape index (κ1) is 18.0. The van der Waals surface area contributed by atoms with Crippen molar-refractivity contribution in [3.8, 4) is 0 Å². The maximum atomic E-state index is 13.4. The Morgan fingerprint density at radius 1 is 0.852 bits per heavy atom. The van der Waals surface area contributed by atoms with E-state index in [9.17, 15) is 8.78 Å². The molecule has 2 fully saturated rings. The Balaban J connectivity index is 1.35. The molecular weight excluding hydrogens is 350 g/mol. The van der Waals surface area contributed by atoms with Gasteiger partial charge in [0.15, 0.2) is 0 Å². The van der Waals surface area contributed by atoms with Crippen LogP contribution in [-0.2, 0) is 6.54 Å². The van der Waals surface area contributed by atoms with Crippen molar-refractivity contribution in [2.75, 3.05) is 49.1 Å². The number of rotatable bonds is 4. The third-order valence-electron chi connectivity index (χ3n) is 5.27. The second-order valence-corrected chi connectivity index (χ2v) is 7.16. The zero-order valence-electron chi connectivity index (χ0n) is 15.3. The van der Waals surface area contributed by atoms with Crippen molar-refractivity contribution in [1.29, 1.82) is 0 Å². The molecule has 2 aromatic heterocycles. The number of aromatic nitrogens is 3. The van der Waals surface area contributed by atoms with Gasteiger partial charge in [0.2, 0.25) is 0 Å². The van der Waals surface area contributed by atoms with E-state index in [1.54, 1.807) is 0 Å². The van der Waals surface area contributed by atoms with Crippen LogP contribution in [0.2, 0.25) is 0 Å². The van der Waals surface area contributed by atoms with Crippen molar-refractivity contribution in [2.45, 2.75) is 25.3 Å². The van der Waals surface area contributed by atoms with E-state index in [4.69, 9.17) is 0 Å². The summed E-state index contributed by atoms with van der Waals surface area (Å²) in [6.45, 7) is 5.15. The number of nitrogens with zero attached hydrogens (tertiary/aromatic N) is 6. The number of hydrogen-bond donors (Lipinski definition) is 0. The number of pyridine rings is 1. The van der Waals surface area contributed by atoms with Crippen molar-refractivity contribution in [3.63, 3.8) is 0 Å². The molecule has 0 bridgehead atoms. The van der Waals surface area contributed by atoms with Crippen molar-refractivity contribution < 1.29 is 8.78 Å². The summed E-state index contributed by atoms with van der Waals surface area (Å²) < 4.78 is 26.8. The summed E-state index contributed by atoms with van der Waals surface area (Å²) in [5.74, 6) is -0.933. The van der Waals surface area contributed by atoms with Crippen LogP contribution < -0.4 is 9.80 Å². The molecule has 144 valence electrons. The minimum Gasteiger partial charge on any atom is -0.356 e. The molecule has 2 aliphatic heterocycles. The molecule has 0 unspecified atom stereocenters. The van der Waals surface area contributed by atoms with Gasteiger partial charge in [0.1, 0.15) is 18.0 Å². The second kappa shape index (κ2) is 7.72. The molecular formula is C19H24F2N6. The molecule has 6 nitrogen and oxygen atoms in total. The summed E-state index contributed by atoms with van der Waals surface area (Å²) in [4.78, 5) is 19.6. The first-order valence-corrected chi connectivity index (χ1v) is 9.41. The molecule has 0 saturated carbocycles. The number of piperidine rings is 1. The Morgan fingerprint density at radius 2 is 1.52 bits per heavy atom. The fourth-order valence-electron chi connectivity index (χ4n) is 3.60. The smallest absolute Gasteiger partial charge is 0.251 e. The summed E-state index contributed by atoms with van der Waals surface area (Å²) in [7, 11) is 0. The maximum Gasteiger partial charge on any atom is 0.251 e. The highest BCUT2D eigenvalue weighted by Gasteiger charge is 2.34. The average Bonchev–Trinajstić information content (AvgIpc) is 2.69. The first-order chi connectivity index (χ1) is 13.1. The van der Waals surface area contributed by atoms with Gasteiger partial charge in [-0.3, -0.25) is 9.88 Å². The van der Waals surface area contributed by atoms with Crippen LogP contribution in [-0.4, -0.2) is 65.0 Å². The molecule has 2 aliphatic rings. The molecule has 0 radical (unpaired) electrons. The Labute approximate surface area is 157 Å². The third kappa shape index (κ3) is 4.50. The van der Waals surface area contributed by atoms with Crippen molar-refractivity contribution in [1.82, 2.24) is 19.9 Å². The average molecular weight is 374 g/mol. The van der Waals surface area contributed by atoms with Gasteiger partial charge in [-0.15, -0.1) is 0 Å². The molecule has 0 amide bonds. The van der Waals surface area contributed by atoms with Gasteiger partial charge in [-0.1, -0.05) is 6.07 Å². The fourth-order valence-corrected chi connectivity index (χ4v) is 3.60. The number of halogens is 2. The van der Waals surface area contributed by atoms with Crippen LogP contribution in [0.25, 0.3) is 0 Å². The van der Waals surface area contributed by atoms with Crippen LogP contribution in [0.5, 0.6) is 0 Å². The Kier molecular flexibility index (Phi) is 5.15. The van der Waals surface area contributed by atoms with Gasteiger partial charge in [-0.05, 0) is 12.1 Å². The Bertz CT molecular complexity index is 739. The Morgan fingerprint density at radius 3 is 2.15 bits per heavy atom. The third-order valence-corrected chi connectivity index (χ3v) is 5.27. The molecule has 0 N–H and O–H groups in total. The van der Waals surface area contributed by atoms with E-state index in [-0.39, 0.29) is 12.8 Å². The van der Waals surface area contributed by atoms with Gasteiger partial charge in [-0.25, -0.2) is 18.7 Å². The van der Waals surface area contributed by atoms with E-state index in [0.29, 0.717) is 13.1 Å². The Hall–Kier alpha value is -2.35. The zero-order valence-corrected chi connectivity index (χ0v) is 15.3. The molecule has 4 rings (SSSR count). The SMILES string of the molecule is FC1(F)CCN(c2cc(N3CCN(Cc4ccccn4)CC3)ncn2)CC1. The number of anilines is 2. The molecule has 27 heavy (non-hydrogen) atoms. The lowest BCUT2D eigenvalue weighted by molar-refractivity contribution is -0.0221. The first-order valence-electron chi connectivity index (χ1n) is 9.41. The maximum absolute atomic E-state index is 13.4. The zero-order chi connectivity index (χ0) is 18.7. The predicted octanol–water partition coefficient (Wildman–Crippen LogP) is 2.43. The quantitative estimate of drug-likeness (QED) is 0.819. The highest BCUT2D eigenvalue weighted by Crippen LogP contribution is 2.30. The minimum atomic E-state index is -2.55. The van der Waals surface area contributed by atoms with Gasteiger partial charge in [0.25, 0.3) is 5.92 Å². The van der Waals surface area contributed by atoms with E-state index in [1.165, 1.54) is 6.33 Å². The molecule has 0 aliphatic carbocycles. The summed E-state index contributed by atoms with van der Waals surface area (Å²) in [5, 5.41) is 0. The fraction of sp³-hybridized carbons (Fsp3) is 0.526. The lowest BCUT2D eigenvalue weighted by Gasteiger charge is -2.36. The molecule has 8 heteroatoms. The van der Waals surface area contributed by atoms with Gasteiger partial charge >= 0.3 is 0 Å². The van der Waals surface area contributed by atoms with Gasteiger partial charge in [0, 0.05) is 70.9 Å². The normalized spacial score (nSPS) is 20.7. The van der Waals surface area contributed by atoms with E-state index in [1.807, 2.05) is 35.4 Å². The van der Waals surface area contributed by atoms with Crippen LogP contribution in [0.15, 0.2) is 36.8 Å². The van der Waals surface area contributed by atoms with Crippen LogP contribution in [0.1, 0.15) is 18.5 Å². The standard InChI is InChI=1S/C19H24F2N6/c20-19(21)4-7-26(8-5-19)17-13-18(24-15-23-17)27-11-9-25(10-12-27)14-16-3-1-2-6-22-16/h1-3,6,13,15H,4-5,7-12,14H2. The second-order valence-electron chi connectivity index (χ2n) is 7.16. The molecule has 2 aromatic rings. The van der Waals surface area contributed by atoms with Crippen LogP contribution in [0.4, 0.5) is 20.4 Å². The molecule has 0 spiro atoms. The lowest BCUT2D eigenvalue weighted by Crippen LogP contribution is -2.46. The van der Waals surface area contributed by atoms with Crippen LogP contribution in [0, 0.1) is 0 Å². The number of piperazine rings is 1. The van der Waals surface area contributed by atoms with Crippen molar-refractivity contribution in [2.24, 2.45) is 0 Å². The summed E-state index contributed by atoms with van der Waals surface area (Å²) in [5.41, 5.74) is 1.08. The van der Waals surface area contributed by atoms with E-state index in [2.05, 4.69) is 24.8 Å². The number of alkyl halides is 2. The molecule has 4 heterocycles. The molecule has 2 saturated heterocycles. The van der Waals surface area contributed by atoms with E-state index >= 15 is 0 Å². The topological polar surface area (TPSA) is 48.4 Å². The molecule has 0 aromatic carbocycles. The van der Waals surface area contributed by atoms with Crippen LogP contribution >= 0.6 is 0 Å². The monoisotopic (exact) mass is 374 g/mol. The minimum absolute atomic E-state index is 0.113. The summed E-state index contributed by atoms with van der Waals surface area (Å²) in [6.07, 6.45) is 3.14. The van der Waals surface area contributed by atoms with Crippen molar-refractivity contribution in [3.05, 3.63) is 42.5 Å². The highest BCUT2D eigenvalue weighted by atomic mass is 19.3. The predicted molar refractivity (Wildman–Crippen MR) is 100 cm³/mol. The van der Waals surface area contributed by atoms with Gasteiger partial charge < -0.3 is 9.80 Å². The summed E-state index contributed by atoms with van der Waals surface area (Å²) >= 11 is 0. The van der Waals surface area contributed by atoms with Gasteiger partial charge in [-0.2, -0.15) is 0 Å². The van der Waals surface area contributed by atoms with Gasteiger partial charge in [0.05, 0.1) is 5.69 Å². The summed E-state index contributed by atoms with van der Waals surface area (Å²) in [6, 6.07) is 7.91. The van der Waals surface area contributed by atoms with E-state index in [0.717, 1.165) is 50.1 Å². The highest BCUT2D eigenvalue weighted by molar-refractivity contribution is 5.50. The molecule has 0 atom stereocenters.